The van der Waals surface area contributed by atoms with Gasteiger partial charge >= 0.3 is 59.1 Å². The van der Waals surface area contributed by atoms with Crippen LogP contribution in [0, 0.1) is 0 Å². The molecule has 16 heteroatoms. The molecule has 53 heavy (non-hydrogen) atoms. The van der Waals surface area contributed by atoms with Crippen molar-refractivity contribution in [2.24, 2.45) is 0 Å². The number of nitrogens with zero attached hydrogens (tertiary/aromatic N) is 2. The van der Waals surface area contributed by atoms with Crippen molar-refractivity contribution in [3.8, 4) is 0 Å². The first-order chi connectivity index (χ1) is 24.1. The third-order valence-electron chi connectivity index (χ3n) is 8.43. The molecule has 0 unspecified atom stereocenters. The van der Waals surface area contributed by atoms with Crippen LogP contribution in [0.25, 0.3) is 5.57 Å². The van der Waals surface area contributed by atoms with E-state index in [2.05, 4.69) is 9.48 Å². The molecule has 0 bridgehead atoms. The van der Waals surface area contributed by atoms with E-state index < -0.39 is 30.4 Å². The summed E-state index contributed by atoms with van der Waals surface area (Å²) in [6.45, 7) is 6.14. The Hall–Kier alpha value is -2.70. The molecule has 4 aromatic carbocycles. The molecule has 0 spiro atoms. The van der Waals surface area contributed by atoms with Crippen molar-refractivity contribution in [3.05, 3.63) is 149 Å². The molecule has 1 aliphatic carbocycles. The monoisotopic (exact) mass is 795 g/mol. The molecular formula is C37H37N2Na2O9S3+3. The van der Waals surface area contributed by atoms with Gasteiger partial charge in [-0.1, -0.05) is 54.6 Å². The average molecular weight is 796 g/mol. The molecule has 5 rings (SSSR count). The number of hydrogen-bond donors (Lipinski definition) is 3. The van der Waals surface area contributed by atoms with Crippen LogP contribution in [-0.2, 0) is 43.4 Å². The van der Waals surface area contributed by atoms with E-state index in [0.717, 1.165) is 22.5 Å². The Labute approximate surface area is 355 Å². The zero-order chi connectivity index (χ0) is 37.0. The Morgan fingerprint density at radius 1 is 0.623 bits per heavy atom. The second-order valence-corrected chi connectivity index (χ2v) is 15.9. The van der Waals surface area contributed by atoms with E-state index in [9.17, 15) is 38.9 Å². The zero-order valence-electron chi connectivity index (χ0n) is 29.8. The van der Waals surface area contributed by atoms with Crippen LogP contribution in [0.15, 0.2) is 142 Å². The maximum Gasteiger partial charge on any atom is 1.00 e. The number of rotatable bonds is 12. The van der Waals surface area contributed by atoms with Crippen molar-refractivity contribution >= 4 is 47.3 Å². The van der Waals surface area contributed by atoms with Gasteiger partial charge in [0.05, 0.1) is 9.79 Å². The molecule has 0 aromatic heterocycles. The minimum absolute atomic E-state index is 0. The van der Waals surface area contributed by atoms with Gasteiger partial charge < -0.3 is 4.90 Å². The minimum atomic E-state index is -4.58. The van der Waals surface area contributed by atoms with Gasteiger partial charge in [0.25, 0.3) is 30.4 Å². The van der Waals surface area contributed by atoms with Crippen LogP contribution < -0.4 is 64.0 Å². The first-order valence-electron chi connectivity index (χ1n) is 15.9. The molecule has 0 amide bonds. The van der Waals surface area contributed by atoms with Crippen LogP contribution in [0.1, 0.15) is 36.1 Å². The van der Waals surface area contributed by atoms with Gasteiger partial charge in [-0.25, -0.2) is 4.58 Å². The number of allylic oxidation sites excluding steroid dienone is 5. The summed E-state index contributed by atoms with van der Waals surface area (Å²) in [6, 6.07) is 25.8. The molecule has 11 nitrogen and oxygen atoms in total. The Morgan fingerprint density at radius 3 is 1.60 bits per heavy atom. The van der Waals surface area contributed by atoms with Gasteiger partial charge in [-0.15, -0.1) is 0 Å². The zero-order valence-corrected chi connectivity index (χ0v) is 36.2. The standard InChI is InChI=1S/C37H36N2O9S3.2Na/c1-3-38(25-27-9-21-33(22-10-27)49(40,41)42)31-17-13-29(14-18-31)37(35-7-5-6-8-36(35)51(46,47)48)30-15-19-32(20-16-30)39(4-2)26-28-11-23-34(24-12-28)50(43,44)45;;/h5-24H,3-4,25-26H2,1-2H3,(H2-,40,41,42,43,44,45,46,47,48);;/q;2*+1/p+1. The van der Waals surface area contributed by atoms with Gasteiger partial charge in [-0.2, -0.15) is 25.3 Å². The average Bonchev–Trinajstić information content (AvgIpc) is 3.10. The summed E-state index contributed by atoms with van der Waals surface area (Å²) in [7, 11) is -13.2. The Kier molecular flexibility index (Phi) is 15.8. The number of hydrogen-bond acceptors (Lipinski definition) is 7. The maximum absolute atomic E-state index is 12.5. The Bertz CT molecular complexity index is 2370. The fourth-order valence-electron chi connectivity index (χ4n) is 5.80. The van der Waals surface area contributed by atoms with E-state index in [4.69, 9.17) is 0 Å². The summed E-state index contributed by atoms with van der Waals surface area (Å²) < 4.78 is 102. The van der Waals surface area contributed by atoms with Crippen molar-refractivity contribution < 1.29 is 103 Å². The van der Waals surface area contributed by atoms with Crippen LogP contribution >= 0.6 is 0 Å². The summed E-state index contributed by atoms with van der Waals surface area (Å²) in [6.07, 6.45) is 7.56. The van der Waals surface area contributed by atoms with Gasteiger partial charge in [0.1, 0.15) is 11.4 Å². The predicted molar refractivity (Wildman–Crippen MR) is 196 cm³/mol. The molecule has 0 aliphatic heterocycles. The van der Waals surface area contributed by atoms with Gasteiger partial charge in [0, 0.05) is 42.1 Å². The second kappa shape index (κ2) is 18.8. The van der Waals surface area contributed by atoms with Gasteiger partial charge in [0.15, 0.2) is 12.3 Å². The smallest absolute Gasteiger partial charge is 0.367 e. The third-order valence-corrected chi connectivity index (χ3v) is 11.1. The van der Waals surface area contributed by atoms with E-state index >= 15 is 0 Å². The molecule has 4 aromatic rings. The summed E-state index contributed by atoms with van der Waals surface area (Å²) in [5, 5.41) is 0. The Balaban J connectivity index is 0.00000378. The van der Waals surface area contributed by atoms with Crippen molar-refractivity contribution in [2.45, 2.75) is 41.6 Å². The molecule has 0 radical (unpaired) electrons. The van der Waals surface area contributed by atoms with Crippen molar-refractivity contribution in [1.82, 2.24) is 0 Å². The number of benzene rings is 4. The van der Waals surface area contributed by atoms with Crippen LogP contribution in [0.3, 0.4) is 0 Å². The van der Waals surface area contributed by atoms with Gasteiger partial charge in [-0.3, -0.25) is 13.7 Å². The summed E-state index contributed by atoms with van der Waals surface area (Å²) >= 11 is 0. The van der Waals surface area contributed by atoms with Crippen LogP contribution in [0.2, 0.25) is 0 Å². The minimum Gasteiger partial charge on any atom is -0.367 e. The van der Waals surface area contributed by atoms with E-state index in [1.165, 1.54) is 30.3 Å². The molecule has 266 valence electrons. The van der Waals surface area contributed by atoms with Crippen molar-refractivity contribution in [3.63, 3.8) is 0 Å². The van der Waals surface area contributed by atoms with Crippen LogP contribution in [0.4, 0.5) is 5.69 Å². The molecule has 0 saturated heterocycles. The molecule has 3 N–H and O–H groups in total. The van der Waals surface area contributed by atoms with E-state index in [0.29, 0.717) is 48.5 Å². The Morgan fingerprint density at radius 2 is 1.13 bits per heavy atom. The van der Waals surface area contributed by atoms with E-state index in [1.807, 2.05) is 62.4 Å². The summed E-state index contributed by atoms with van der Waals surface area (Å²) in [4.78, 5) is 1.47. The number of anilines is 1. The van der Waals surface area contributed by atoms with E-state index in [-0.39, 0.29) is 73.8 Å². The summed E-state index contributed by atoms with van der Waals surface area (Å²) in [5.74, 6) is 0. The van der Waals surface area contributed by atoms with Crippen LogP contribution in [-0.4, -0.2) is 62.3 Å². The molecule has 0 heterocycles. The first-order valence-corrected chi connectivity index (χ1v) is 20.2. The molecule has 1 aliphatic rings. The first kappa shape index (κ1) is 44.7. The second-order valence-electron chi connectivity index (χ2n) is 11.7. The molecule has 0 saturated carbocycles. The quantitative estimate of drug-likeness (QED) is 0.101. The topological polar surface area (TPSA) is 169 Å². The molecule has 0 fully saturated rings. The largest absolute Gasteiger partial charge is 1.00 e. The normalized spacial score (nSPS) is 12.8. The van der Waals surface area contributed by atoms with E-state index in [1.54, 1.807) is 42.5 Å². The molecule has 0 atom stereocenters. The third kappa shape index (κ3) is 11.4. The van der Waals surface area contributed by atoms with Crippen LogP contribution in [0.5, 0.6) is 0 Å². The summed E-state index contributed by atoms with van der Waals surface area (Å²) in [5.41, 5.74) is 5.68. The van der Waals surface area contributed by atoms with Crippen molar-refractivity contribution in [2.75, 3.05) is 18.0 Å². The maximum atomic E-state index is 12.5. The van der Waals surface area contributed by atoms with Gasteiger partial charge in [0.2, 0.25) is 0 Å². The van der Waals surface area contributed by atoms with Crippen molar-refractivity contribution in [1.29, 1.82) is 0 Å². The predicted octanol–water partition coefficient (Wildman–Crippen LogP) is 0.0627. The van der Waals surface area contributed by atoms with Gasteiger partial charge in [-0.05, 0) is 90.7 Å². The SMILES string of the molecule is CCN(Cc1ccc(S(=O)(=O)O)cc1)c1ccc(C(=C2C=CC(=[N+](CC)Cc3ccc(S(=O)(=O)O)cc3)C=C2)c2ccccc2S(=O)(=O)O)cc1.[Na+].[Na+]. The fourth-order valence-corrected chi connectivity index (χ4v) is 7.46. The fraction of sp³-hybridized carbons (Fsp3) is 0.162. The molecular weight excluding hydrogens is 759 g/mol.